The second kappa shape index (κ2) is 7.91. The van der Waals surface area contributed by atoms with Crippen LogP contribution in [-0.4, -0.2) is 28.6 Å². The van der Waals surface area contributed by atoms with E-state index in [9.17, 15) is 18.7 Å². The van der Waals surface area contributed by atoms with Gasteiger partial charge in [0.2, 0.25) is 0 Å². The number of rotatable bonds is 4. The Morgan fingerprint density at radius 1 is 1.15 bits per heavy atom. The van der Waals surface area contributed by atoms with Crippen LogP contribution in [0.15, 0.2) is 36.4 Å². The first-order valence-electron chi connectivity index (χ1n) is 8.27. The Morgan fingerprint density at radius 2 is 1.92 bits per heavy atom. The maximum absolute atomic E-state index is 14.6. The molecule has 3 rings (SSSR count). The highest BCUT2D eigenvalue weighted by Gasteiger charge is 2.37. The van der Waals surface area contributed by atoms with Gasteiger partial charge < -0.3 is 5.11 Å². The summed E-state index contributed by atoms with van der Waals surface area (Å²) in [5.41, 5.74) is 0.668. The Labute approximate surface area is 160 Å². The molecule has 2 aromatic carbocycles. The fourth-order valence-corrected chi connectivity index (χ4v) is 3.92. The average molecular weight is 400 g/mol. The number of benzene rings is 2. The van der Waals surface area contributed by atoms with Crippen molar-refractivity contribution in [2.45, 2.75) is 31.3 Å². The van der Waals surface area contributed by atoms with E-state index in [1.807, 2.05) is 0 Å². The first-order valence-corrected chi connectivity index (χ1v) is 9.03. The topological polar surface area (TPSA) is 40.5 Å². The minimum atomic E-state index is -0.977. The number of nitrogens with zero attached hydrogens (tertiary/aromatic N) is 1. The summed E-state index contributed by atoms with van der Waals surface area (Å²) in [6.07, 6.45) is 2.00. The Kier molecular flexibility index (Phi) is 5.80. The lowest BCUT2D eigenvalue weighted by Gasteiger charge is -2.40. The monoisotopic (exact) mass is 399 g/mol. The normalized spacial score (nSPS) is 19.3. The van der Waals surface area contributed by atoms with Gasteiger partial charge in [-0.2, -0.15) is 0 Å². The smallest absolute Gasteiger partial charge is 0.320 e. The summed E-state index contributed by atoms with van der Waals surface area (Å²) in [7, 11) is 0. The summed E-state index contributed by atoms with van der Waals surface area (Å²) in [5.74, 6) is -2.42. The molecule has 2 atom stereocenters. The lowest BCUT2D eigenvalue weighted by Crippen LogP contribution is -2.47. The van der Waals surface area contributed by atoms with Crippen LogP contribution < -0.4 is 0 Å². The van der Waals surface area contributed by atoms with Crippen molar-refractivity contribution < 1.29 is 18.7 Å². The van der Waals surface area contributed by atoms with Crippen molar-refractivity contribution in [3.8, 4) is 0 Å². The van der Waals surface area contributed by atoms with E-state index in [4.69, 9.17) is 23.2 Å². The van der Waals surface area contributed by atoms with Crippen molar-refractivity contribution in [2.24, 2.45) is 0 Å². The molecule has 1 aliphatic rings. The summed E-state index contributed by atoms with van der Waals surface area (Å²) in [4.78, 5) is 13.5. The fourth-order valence-electron chi connectivity index (χ4n) is 3.51. The third kappa shape index (κ3) is 3.70. The van der Waals surface area contributed by atoms with E-state index in [-0.39, 0.29) is 10.6 Å². The number of hydrogen-bond donors (Lipinski definition) is 1. The van der Waals surface area contributed by atoms with Crippen LogP contribution in [0.3, 0.4) is 0 Å². The van der Waals surface area contributed by atoms with E-state index in [2.05, 4.69) is 0 Å². The number of carboxylic acids is 1. The number of carbonyl (C=O) groups is 1. The number of halogens is 4. The second-order valence-electron chi connectivity index (χ2n) is 6.30. The quantitative estimate of drug-likeness (QED) is 0.757. The lowest BCUT2D eigenvalue weighted by atomic mass is 9.91. The van der Waals surface area contributed by atoms with Gasteiger partial charge in [-0.25, -0.2) is 8.78 Å². The first-order chi connectivity index (χ1) is 12.4. The van der Waals surface area contributed by atoms with Gasteiger partial charge in [-0.1, -0.05) is 47.8 Å². The van der Waals surface area contributed by atoms with Crippen molar-refractivity contribution in [2.75, 3.05) is 6.54 Å². The standard InChI is InChI=1S/C19H17Cl2F2NO2/c20-14-5-3-4-13(17(14)21)18(12-8-7-11(22)10-15(12)23)24-9-2-1-6-16(24)19(25)26/h3-5,7-8,10,16,18H,1-2,6,9H2,(H,25,26). The van der Waals surface area contributed by atoms with Crippen molar-refractivity contribution in [3.05, 3.63) is 69.2 Å². The highest BCUT2D eigenvalue weighted by atomic mass is 35.5. The van der Waals surface area contributed by atoms with E-state index in [1.54, 1.807) is 23.1 Å². The average Bonchev–Trinajstić information content (AvgIpc) is 2.61. The van der Waals surface area contributed by atoms with Crippen LogP contribution in [0.4, 0.5) is 8.78 Å². The highest BCUT2D eigenvalue weighted by Crippen LogP contribution is 2.40. The first kappa shape index (κ1) is 19.1. The van der Waals surface area contributed by atoms with Crippen LogP contribution in [-0.2, 0) is 4.79 Å². The minimum absolute atomic E-state index is 0.170. The lowest BCUT2D eigenvalue weighted by molar-refractivity contribution is -0.145. The molecule has 1 aliphatic heterocycles. The Bertz CT molecular complexity index is 831. The van der Waals surface area contributed by atoms with Crippen LogP contribution in [0.5, 0.6) is 0 Å². The summed E-state index contributed by atoms with van der Waals surface area (Å²) >= 11 is 12.5. The van der Waals surface area contributed by atoms with Gasteiger partial charge in [0.25, 0.3) is 0 Å². The molecule has 1 heterocycles. The number of aliphatic carboxylic acids is 1. The Morgan fingerprint density at radius 3 is 2.62 bits per heavy atom. The van der Waals surface area contributed by atoms with Crippen LogP contribution in [0, 0.1) is 11.6 Å². The molecule has 0 saturated carbocycles. The van der Waals surface area contributed by atoms with Gasteiger partial charge in [-0.15, -0.1) is 0 Å². The third-order valence-corrected chi connectivity index (χ3v) is 5.53. The van der Waals surface area contributed by atoms with Crippen molar-refractivity contribution >= 4 is 29.2 Å². The van der Waals surface area contributed by atoms with Gasteiger partial charge in [-0.3, -0.25) is 9.69 Å². The molecule has 0 spiro atoms. The van der Waals surface area contributed by atoms with Gasteiger partial charge >= 0.3 is 5.97 Å². The van der Waals surface area contributed by atoms with Gasteiger partial charge in [-0.05, 0) is 37.1 Å². The number of piperidine rings is 1. The minimum Gasteiger partial charge on any atom is -0.480 e. The maximum Gasteiger partial charge on any atom is 0.320 e. The summed E-state index contributed by atoms with van der Waals surface area (Å²) in [6.45, 7) is 0.460. The molecule has 0 radical (unpaired) electrons. The van der Waals surface area contributed by atoms with E-state index in [1.165, 1.54) is 6.07 Å². The molecule has 0 aromatic heterocycles. The predicted molar refractivity (Wildman–Crippen MR) is 96.6 cm³/mol. The molecule has 1 fully saturated rings. The van der Waals surface area contributed by atoms with Gasteiger partial charge in [0.05, 0.1) is 16.1 Å². The Hall–Kier alpha value is -1.69. The summed E-state index contributed by atoms with van der Waals surface area (Å²) in [6, 6.07) is 6.70. The number of carboxylic acid groups (broad SMARTS) is 1. The number of hydrogen-bond acceptors (Lipinski definition) is 2. The summed E-state index contributed by atoms with van der Waals surface area (Å²) < 4.78 is 28.0. The number of likely N-dealkylation sites (tertiary alicyclic amines) is 1. The SMILES string of the molecule is O=C(O)C1CCCCN1C(c1ccc(F)cc1F)c1cccc(Cl)c1Cl. The van der Waals surface area contributed by atoms with Crippen LogP contribution in [0.2, 0.25) is 10.0 Å². The molecule has 2 aromatic rings. The fraction of sp³-hybridized carbons (Fsp3) is 0.316. The third-order valence-electron chi connectivity index (χ3n) is 4.69. The van der Waals surface area contributed by atoms with E-state index in [0.717, 1.165) is 25.0 Å². The van der Waals surface area contributed by atoms with Crippen molar-refractivity contribution in [1.29, 1.82) is 0 Å². The molecule has 2 unspecified atom stereocenters. The van der Waals surface area contributed by atoms with E-state index >= 15 is 0 Å². The molecule has 1 saturated heterocycles. The zero-order valence-corrected chi connectivity index (χ0v) is 15.3. The van der Waals surface area contributed by atoms with Crippen LogP contribution >= 0.6 is 23.2 Å². The van der Waals surface area contributed by atoms with Crippen LogP contribution in [0.25, 0.3) is 0 Å². The van der Waals surface area contributed by atoms with E-state index < -0.39 is 29.7 Å². The molecular weight excluding hydrogens is 383 g/mol. The largest absolute Gasteiger partial charge is 0.480 e. The maximum atomic E-state index is 14.6. The molecular formula is C19H17Cl2F2NO2. The molecule has 3 nitrogen and oxygen atoms in total. The summed E-state index contributed by atoms with van der Waals surface area (Å²) in [5, 5.41) is 10.2. The molecule has 0 amide bonds. The zero-order valence-electron chi connectivity index (χ0n) is 13.8. The van der Waals surface area contributed by atoms with Crippen molar-refractivity contribution in [3.63, 3.8) is 0 Å². The van der Waals surface area contributed by atoms with Crippen LogP contribution in [0.1, 0.15) is 36.4 Å². The molecule has 0 bridgehead atoms. The van der Waals surface area contributed by atoms with Crippen molar-refractivity contribution in [1.82, 2.24) is 4.90 Å². The van der Waals surface area contributed by atoms with Gasteiger partial charge in [0, 0.05) is 11.6 Å². The molecule has 1 N–H and O–H groups in total. The molecule has 0 aliphatic carbocycles. The second-order valence-corrected chi connectivity index (χ2v) is 7.08. The zero-order chi connectivity index (χ0) is 18.8. The van der Waals surface area contributed by atoms with E-state index in [0.29, 0.717) is 23.6 Å². The highest BCUT2D eigenvalue weighted by molar-refractivity contribution is 6.42. The predicted octanol–water partition coefficient (Wildman–Crippen LogP) is 5.30. The van der Waals surface area contributed by atoms with Gasteiger partial charge in [0.1, 0.15) is 17.7 Å². The van der Waals surface area contributed by atoms with Gasteiger partial charge in [0.15, 0.2) is 0 Å². The molecule has 138 valence electrons. The molecule has 7 heteroatoms. The molecule has 26 heavy (non-hydrogen) atoms. The Balaban J connectivity index is 2.18.